The molecular weight excluding hydrogens is 457 g/mol. The number of nitrogens with one attached hydrogen (secondary N) is 2. The molecule has 3 aromatic carbocycles. The van der Waals surface area contributed by atoms with Crippen molar-refractivity contribution in [2.75, 3.05) is 38.1 Å². The lowest BCUT2D eigenvalue weighted by molar-refractivity contribution is 0.0949. The topological polar surface area (TPSA) is 77.0 Å². The molecule has 0 aromatic heterocycles. The number of nitrogens with zero attached hydrogens (tertiary/aromatic N) is 3. The van der Waals surface area contributed by atoms with Gasteiger partial charge in [-0.05, 0) is 66.7 Å². The van der Waals surface area contributed by atoms with Crippen molar-refractivity contribution in [1.82, 2.24) is 15.5 Å². The van der Waals surface area contributed by atoms with E-state index in [1.165, 1.54) is 12.1 Å². The van der Waals surface area contributed by atoms with Crippen molar-refractivity contribution in [3.8, 4) is 0 Å². The zero-order chi connectivity index (χ0) is 25.1. The Bertz CT molecular complexity index is 1310. The molecule has 36 heavy (non-hydrogen) atoms. The Labute approximate surface area is 209 Å². The van der Waals surface area contributed by atoms with Crippen molar-refractivity contribution in [3.05, 3.63) is 100 Å². The number of halogens is 1. The number of benzene rings is 3. The molecule has 2 aliphatic heterocycles. The summed E-state index contributed by atoms with van der Waals surface area (Å²) in [6, 6.07) is 19.0. The number of carbonyl (C=O) groups is 2. The fourth-order valence-corrected chi connectivity index (χ4v) is 4.43. The van der Waals surface area contributed by atoms with Crippen molar-refractivity contribution >= 4 is 23.3 Å². The molecule has 2 amide bonds. The summed E-state index contributed by atoms with van der Waals surface area (Å²) >= 11 is 0. The van der Waals surface area contributed by atoms with E-state index in [-0.39, 0.29) is 24.2 Å². The highest BCUT2D eigenvalue weighted by atomic mass is 19.1. The zero-order valence-corrected chi connectivity index (χ0v) is 20.1. The molecule has 2 aliphatic rings. The van der Waals surface area contributed by atoms with Gasteiger partial charge in [-0.3, -0.25) is 14.6 Å². The van der Waals surface area contributed by atoms with E-state index in [1.54, 1.807) is 24.3 Å². The Hall–Kier alpha value is -4.04. The average molecular weight is 486 g/mol. The van der Waals surface area contributed by atoms with Gasteiger partial charge in [0.1, 0.15) is 11.7 Å². The van der Waals surface area contributed by atoms with E-state index in [0.717, 1.165) is 43.0 Å². The van der Waals surface area contributed by atoms with Crippen molar-refractivity contribution in [2.24, 2.45) is 4.99 Å². The van der Waals surface area contributed by atoms with Gasteiger partial charge in [-0.1, -0.05) is 18.2 Å². The first-order valence-electron chi connectivity index (χ1n) is 12.0. The molecule has 1 fully saturated rings. The maximum atomic E-state index is 13.4. The number of amidine groups is 1. The van der Waals surface area contributed by atoms with Gasteiger partial charge < -0.3 is 20.4 Å². The summed E-state index contributed by atoms with van der Waals surface area (Å²) in [6.45, 7) is 4.63. The quantitative estimate of drug-likeness (QED) is 0.582. The fourth-order valence-electron chi connectivity index (χ4n) is 4.43. The van der Waals surface area contributed by atoms with E-state index in [0.29, 0.717) is 29.1 Å². The van der Waals surface area contributed by atoms with Gasteiger partial charge in [0.25, 0.3) is 11.8 Å². The van der Waals surface area contributed by atoms with Crippen molar-refractivity contribution in [1.29, 1.82) is 0 Å². The molecule has 0 aliphatic carbocycles. The molecule has 7 nitrogen and oxygen atoms in total. The van der Waals surface area contributed by atoms with Crippen LogP contribution in [0.2, 0.25) is 0 Å². The lowest BCUT2D eigenvalue weighted by atomic mass is 10.0. The van der Waals surface area contributed by atoms with Crippen LogP contribution < -0.4 is 15.5 Å². The van der Waals surface area contributed by atoms with Crippen molar-refractivity contribution in [2.45, 2.75) is 13.1 Å². The average Bonchev–Trinajstić information content (AvgIpc) is 3.29. The number of piperazine rings is 1. The Morgan fingerprint density at radius 3 is 2.42 bits per heavy atom. The molecule has 184 valence electrons. The van der Waals surface area contributed by atoms with Crippen LogP contribution in [0.3, 0.4) is 0 Å². The van der Waals surface area contributed by atoms with Crippen LogP contribution in [0, 0.1) is 5.82 Å². The number of hydrogen-bond acceptors (Lipinski definition) is 5. The number of anilines is 1. The standard InChI is InChI=1S/C28H28FN5O2/c1-33-11-13-34(14-12-33)24-9-7-20(8-10-24)28(36)32-26-25-16-21(5-6-22(25)18-30-26)27(35)31-17-19-3-2-4-23(29)15-19/h2-10,15-16H,11-14,17-18H2,1H3,(H,31,35)(H,30,32,36). The minimum atomic E-state index is -0.343. The second-order valence-corrected chi connectivity index (χ2v) is 9.14. The summed E-state index contributed by atoms with van der Waals surface area (Å²) in [5.74, 6) is -0.408. The van der Waals surface area contributed by atoms with Gasteiger partial charge in [-0.2, -0.15) is 0 Å². The molecule has 2 heterocycles. The van der Waals surface area contributed by atoms with E-state index in [9.17, 15) is 14.0 Å². The maximum absolute atomic E-state index is 13.4. The third-order valence-corrected chi connectivity index (χ3v) is 6.61. The number of hydrogen-bond donors (Lipinski definition) is 2. The van der Waals surface area contributed by atoms with E-state index < -0.39 is 0 Å². The van der Waals surface area contributed by atoms with Crippen LogP contribution >= 0.6 is 0 Å². The van der Waals surface area contributed by atoms with Gasteiger partial charge in [0.05, 0.1) is 6.54 Å². The Balaban J connectivity index is 1.22. The predicted octanol–water partition coefficient (Wildman–Crippen LogP) is 3.20. The van der Waals surface area contributed by atoms with Gasteiger partial charge in [-0.15, -0.1) is 0 Å². The Kier molecular flexibility index (Phi) is 6.77. The second-order valence-electron chi connectivity index (χ2n) is 9.14. The summed E-state index contributed by atoms with van der Waals surface area (Å²) in [4.78, 5) is 34.7. The van der Waals surface area contributed by atoms with E-state index >= 15 is 0 Å². The lowest BCUT2D eigenvalue weighted by Gasteiger charge is -2.34. The van der Waals surface area contributed by atoms with Crippen LogP contribution in [0.4, 0.5) is 10.1 Å². The highest BCUT2D eigenvalue weighted by Crippen LogP contribution is 2.21. The molecule has 8 heteroatoms. The van der Waals surface area contributed by atoms with Crippen LogP contribution in [0.25, 0.3) is 0 Å². The number of aliphatic imine (C=N–C) groups is 1. The Morgan fingerprint density at radius 1 is 0.917 bits per heavy atom. The Morgan fingerprint density at radius 2 is 1.67 bits per heavy atom. The lowest BCUT2D eigenvalue weighted by Crippen LogP contribution is -2.44. The van der Waals surface area contributed by atoms with Gasteiger partial charge in [0, 0.05) is 55.1 Å². The summed E-state index contributed by atoms with van der Waals surface area (Å²) in [7, 11) is 2.12. The van der Waals surface area contributed by atoms with Crippen molar-refractivity contribution in [3.63, 3.8) is 0 Å². The first-order chi connectivity index (χ1) is 17.5. The van der Waals surface area contributed by atoms with E-state index in [2.05, 4.69) is 32.5 Å². The van der Waals surface area contributed by atoms with Crippen LogP contribution in [-0.4, -0.2) is 55.8 Å². The molecule has 5 rings (SSSR count). The second kappa shape index (κ2) is 10.3. The van der Waals surface area contributed by atoms with Crippen LogP contribution in [0.5, 0.6) is 0 Å². The SMILES string of the molecule is CN1CCN(c2ccc(C(=O)NC3=NCc4ccc(C(=O)NCc5cccc(F)c5)cc43)cc2)CC1. The van der Waals surface area contributed by atoms with Crippen LogP contribution in [0.15, 0.2) is 71.7 Å². The molecular formula is C28H28FN5O2. The predicted molar refractivity (Wildman–Crippen MR) is 138 cm³/mol. The molecule has 0 saturated carbocycles. The molecule has 1 saturated heterocycles. The summed E-state index contributed by atoms with van der Waals surface area (Å²) in [5, 5.41) is 5.71. The smallest absolute Gasteiger partial charge is 0.256 e. The highest BCUT2D eigenvalue weighted by molar-refractivity contribution is 6.15. The zero-order valence-electron chi connectivity index (χ0n) is 20.1. The van der Waals surface area contributed by atoms with E-state index in [1.807, 2.05) is 30.3 Å². The molecule has 0 atom stereocenters. The highest BCUT2D eigenvalue weighted by Gasteiger charge is 2.21. The minimum Gasteiger partial charge on any atom is -0.369 e. The first kappa shape index (κ1) is 23.7. The van der Waals surface area contributed by atoms with Gasteiger partial charge >= 0.3 is 0 Å². The summed E-state index contributed by atoms with van der Waals surface area (Å²) in [5.41, 5.74) is 4.46. The van der Waals surface area contributed by atoms with E-state index in [4.69, 9.17) is 0 Å². The number of fused-ring (bicyclic) bond motifs is 1. The minimum absolute atomic E-state index is 0.218. The molecule has 3 aromatic rings. The maximum Gasteiger partial charge on any atom is 0.256 e. The van der Waals surface area contributed by atoms with Crippen molar-refractivity contribution < 1.29 is 14.0 Å². The third-order valence-electron chi connectivity index (χ3n) is 6.61. The number of likely N-dealkylation sites (N-methyl/N-ethyl adjacent to an activating group) is 1. The number of amides is 2. The van der Waals surface area contributed by atoms with Crippen LogP contribution in [0.1, 0.15) is 37.4 Å². The molecule has 2 N–H and O–H groups in total. The molecule has 0 spiro atoms. The summed E-state index contributed by atoms with van der Waals surface area (Å²) < 4.78 is 13.4. The summed E-state index contributed by atoms with van der Waals surface area (Å²) in [6.07, 6.45) is 0. The first-order valence-corrected chi connectivity index (χ1v) is 12.0. The van der Waals surface area contributed by atoms with Gasteiger partial charge in [-0.25, -0.2) is 4.39 Å². The van der Waals surface area contributed by atoms with Gasteiger partial charge in [0.15, 0.2) is 0 Å². The molecule has 0 radical (unpaired) electrons. The molecule has 0 bridgehead atoms. The fraction of sp³-hybridized carbons (Fsp3) is 0.250. The molecule has 0 unspecified atom stereocenters. The number of rotatable bonds is 5. The number of carbonyl (C=O) groups excluding carboxylic acids is 2. The normalized spacial score (nSPS) is 15.3. The largest absolute Gasteiger partial charge is 0.369 e. The van der Waals surface area contributed by atoms with Gasteiger partial charge in [0.2, 0.25) is 0 Å². The van der Waals surface area contributed by atoms with Crippen LogP contribution in [-0.2, 0) is 13.1 Å². The monoisotopic (exact) mass is 485 g/mol. The third kappa shape index (κ3) is 5.28.